The molecule has 1 amide bonds. The highest BCUT2D eigenvalue weighted by Crippen LogP contribution is 1.74. The van der Waals surface area contributed by atoms with Crippen molar-refractivity contribution in [3.63, 3.8) is 0 Å². The highest BCUT2D eigenvalue weighted by molar-refractivity contribution is 5.92. The number of hydrogen-bond donors (Lipinski definition) is 0. The Balaban J connectivity index is 3.93. The van der Waals surface area contributed by atoms with Crippen LogP contribution in [-0.4, -0.2) is 43.9 Å². The summed E-state index contributed by atoms with van der Waals surface area (Å²) in [5, 5.41) is 0. The largest absolute Gasteiger partial charge is 0.338 e. The molecule has 0 bridgehead atoms. The van der Waals surface area contributed by atoms with E-state index in [4.69, 9.17) is 0 Å². The summed E-state index contributed by atoms with van der Waals surface area (Å²) in [4.78, 5) is 13.9. The molecule has 0 saturated carbocycles. The second kappa shape index (κ2) is 3.78. The van der Waals surface area contributed by atoms with Crippen molar-refractivity contribution in [1.82, 2.24) is 9.80 Å². The second-order valence-electron chi connectivity index (χ2n) is 2.33. The molecule has 0 unspecified atom stereocenters. The number of amides is 1. The molecule has 0 fully saturated rings. The maximum absolute atomic E-state index is 10.8. The summed E-state index contributed by atoms with van der Waals surface area (Å²) in [5.41, 5.74) is 0. The third-order valence-electron chi connectivity index (χ3n) is 0.793. The molecular weight excluding hydrogens is 128 g/mol. The molecule has 0 aromatic heterocycles. The van der Waals surface area contributed by atoms with Crippen LogP contribution >= 0.6 is 0 Å². The van der Waals surface area contributed by atoms with E-state index in [1.165, 1.54) is 4.90 Å². The van der Waals surface area contributed by atoms with Gasteiger partial charge >= 0.3 is 0 Å². The standard InChI is InChI=1S/C7H12N2O/c1-8(2)6-5-7(10)9(3)4/h1-4H3. The molecule has 0 saturated heterocycles. The molecule has 0 aliphatic carbocycles. The molecule has 0 atom stereocenters. The highest BCUT2D eigenvalue weighted by Gasteiger charge is 1.95. The van der Waals surface area contributed by atoms with Crippen LogP contribution in [0, 0.1) is 12.0 Å². The number of carbonyl (C=O) groups is 1. The summed E-state index contributed by atoms with van der Waals surface area (Å²) in [6, 6.07) is 2.62. The Labute approximate surface area is 61.6 Å². The first kappa shape index (κ1) is 8.83. The van der Waals surface area contributed by atoms with Gasteiger partial charge in [-0.15, -0.1) is 0 Å². The molecule has 3 heteroatoms. The summed E-state index contributed by atoms with van der Waals surface area (Å²) >= 11 is 0. The van der Waals surface area contributed by atoms with E-state index in [0.717, 1.165) is 0 Å². The van der Waals surface area contributed by atoms with Gasteiger partial charge in [-0.25, -0.2) is 0 Å². The predicted molar refractivity (Wildman–Crippen MR) is 40.2 cm³/mol. The fourth-order valence-corrected chi connectivity index (χ4v) is 0.271. The molecule has 10 heavy (non-hydrogen) atoms. The smallest absolute Gasteiger partial charge is 0.299 e. The molecule has 56 valence electrons. The van der Waals surface area contributed by atoms with Gasteiger partial charge in [-0.1, -0.05) is 0 Å². The second-order valence-corrected chi connectivity index (χ2v) is 2.33. The van der Waals surface area contributed by atoms with E-state index in [0.29, 0.717) is 0 Å². The lowest BCUT2D eigenvalue weighted by Crippen LogP contribution is -2.20. The molecular formula is C7H12N2O. The Morgan fingerprint density at radius 1 is 1.20 bits per heavy atom. The van der Waals surface area contributed by atoms with E-state index in [2.05, 4.69) is 12.0 Å². The van der Waals surface area contributed by atoms with Gasteiger partial charge in [-0.2, -0.15) is 0 Å². The molecule has 0 radical (unpaired) electrons. The van der Waals surface area contributed by atoms with Crippen LogP contribution in [0.3, 0.4) is 0 Å². The lowest BCUT2D eigenvalue weighted by molar-refractivity contribution is -0.122. The Morgan fingerprint density at radius 2 is 1.70 bits per heavy atom. The fraction of sp³-hybridized carbons (Fsp3) is 0.571. The van der Waals surface area contributed by atoms with Gasteiger partial charge in [0.1, 0.15) is 0 Å². The monoisotopic (exact) mass is 140 g/mol. The van der Waals surface area contributed by atoms with Crippen molar-refractivity contribution in [1.29, 1.82) is 0 Å². The normalized spacial score (nSPS) is 7.60. The summed E-state index contributed by atoms with van der Waals surface area (Å²) in [6.07, 6.45) is 0. The summed E-state index contributed by atoms with van der Waals surface area (Å²) in [6.45, 7) is 0. The molecule has 0 spiro atoms. The van der Waals surface area contributed by atoms with Crippen LogP contribution in [0.25, 0.3) is 0 Å². The van der Waals surface area contributed by atoms with Gasteiger partial charge in [-0.05, 0) is 0 Å². The van der Waals surface area contributed by atoms with Crippen molar-refractivity contribution in [2.24, 2.45) is 0 Å². The van der Waals surface area contributed by atoms with Crippen molar-refractivity contribution in [3.8, 4) is 12.0 Å². The molecule has 3 nitrogen and oxygen atoms in total. The van der Waals surface area contributed by atoms with Gasteiger partial charge in [0.25, 0.3) is 5.91 Å². The SMILES string of the molecule is CN(C)C#CC(=O)N(C)C. The fourth-order valence-electron chi connectivity index (χ4n) is 0.271. The number of carbonyl (C=O) groups excluding carboxylic acids is 1. The molecule has 0 aliphatic rings. The maximum atomic E-state index is 10.8. The molecule has 0 aliphatic heterocycles. The van der Waals surface area contributed by atoms with E-state index in [9.17, 15) is 4.79 Å². The van der Waals surface area contributed by atoms with Crippen molar-refractivity contribution in [2.45, 2.75) is 0 Å². The minimum Gasteiger partial charge on any atom is -0.338 e. The van der Waals surface area contributed by atoms with E-state index in [1.54, 1.807) is 33.1 Å². The molecule has 0 aromatic rings. The van der Waals surface area contributed by atoms with Gasteiger partial charge in [0.2, 0.25) is 0 Å². The number of rotatable bonds is 0. The Bertz CT molecular complexity index is 174. The zero-order valence-electron chi connectivity index (χ0n) is 6.80. The summed E-state index contributed by atoms with van der Waals surface area (Å²) in [7, 11) is 6.92. The first-order chi connectivity index (χ1) is 4.54. The van der Waals surface area contributed by atoms with E-state index in [1.807, 2.05) is 0 Å². The predicted octanol–water partition coefficient (Wildman–Crippen LogP) is -0.403. The van der Waals surface area contributed by atoms with Gasteiger partial charge in [0.15, 0.2) is 0 Å². The third-order valence-corrected chi connectivity index (χ3v) is 0.793. The summed E-state index contributed by atoms with van der Waals surface area (Å²) in [5.74, 6) is 2.27. The van der Waals surface area contributed by atoms with E-state index < -0.39 is 0 Å². The van der Waals surface area contributed by atoms with Crippen molar-refractivity contribution in [2.75, 3.05) is 28.2 Å². The molecule has 0 aromatic carbocycles. The van der Waals surface area contributed by atoms with Crippen LogP contribution in [0.1, 0.15) is 0 Å². The average molecular weight is 140 g/mol. The van der Waals surface area contributed by atoms with Crippen LogP contribution < -0.4 is 0 Å². The van der Waals surface area contributed by atoms with Crippen molar-refractivity contribution < 1.29 is 4.79 Å². The first-order valence-corrected chi connectivity index (χ1v) is 2.94. The lowest BCUT2D eigenvalue weighted by Gasteiger charge is -2.03. The Hall–Kier alpha value is -1.17. The molecule has 0 N–H and O–H groups in total. The summed E-state index contributed by atoms with van der Waals surface area (Å²) < 4.78 is 0. The van der Waals surface area contributed by atoms with Gasteiger partial charge in [-0.3, -0.25) is 4.79 Å². The number of nitrogens with zero attached hydrogens (tertiary/aromatic N) is 2. The van der Waals surface area contributed by atoms with Crippen LogP contribution in [0.5, 0.6) is 0 Å². The molecule has 0 rings (SSSR count). The lowest BCUT2D eigenvalue weighted by atomic mass is 10.6. The van der Waals surface area contributed by atoms with E-state index >= 15 is 0 Å². The topological polar surface area (TPSA) is 23.6 Å². The first-order valence-electron chi connectivity index (χ1n) is 2.94. The van der Waals surface area contributed by atoms with Crippen LogP contribution in [-0.2, 0) is 4.79 Å². The van der Waals surface area contributed by atoms with Crippen LogP contribution in [0.4, 0.5) is 0 Å². The highest BCUT2D eigenvalue weighted by atomic mass is 16.2. The minimum absolute atomic E-state index is 0.172. The van der Waals surface area contributed by atoms with Crippen LogP contribution in [0.2, 0.25) is 0 Å². The Kier molecular flexibility index (Phi) is 3.34. The minimum atomic E-state index is -0.172. The zero-order chi connectivity index (χ0) is 8.15. The van der Waals surface area contributed by atoms with E-state index in [-0.39, 0.29) is 5.91 Å². The van der Waals surface area contributed by atoms with Gasteiger partial charge in [0.05, 0.1) is 0 Å². The van der Waals surface area contributed by atoms with Crippen molar-refractivity contribution in [3.05, 3.63) is 0 Å². The molecule has 0 heterocycles. The van der Waals surface area contributed by atoms with Crippen LogP contribution in [0.15, 0.2) is 0 Å². The zero-order valence-corrected chi connectivity index (χ0v) is 6.80. The quantitative estimate of drug-likeness (QED) is 0.337. The average Bonchev–Trinajstić information content (AvgIpc) is 1.82. The van der Waals surface area contributed by atoms with Gasteiger partial charge < -0.3 is 9.80 Å². The third kappa shape index (κ3) is 3.79. The maximum Gasteiger partial charge on any atom is 0.299 e. The van der Waals surface area contributed by atoms with Crippen molar-refractivity contribution >= 4 is 5.91 Å². The van der Waals surface area contributed by atoms with Gasteiger partial charge in [0, 0.05) is 40.2 Å². The number of hydrogen-bond acceptors (Lipinski definition) is 2. The Morgan fingerprint density at radius 3 is 2.00 bits per heavy atom.